The zero-order valence-corrected chi connectivity index (χ0v) is 61.5. The molecule has 10 heteroatoms. The third-order valence-corrected chi connectivity index (χ3v) is 16.4. The maximum atomic E-state index is 12.9. The molecule has 0 aromatic heterocycles. The van der Waals surface area contributed by atoms with Gasteiger partial charge in [-0.2, -0.15) is 0 Å². The quantitative estimate of drug-likeness (QED) is 0.0211. The summed E-state index contributed by atoms with van der Waals surface area (Å²) in [7, 11) is 1.46. The van der Waals surface area contributed by atoms with Crippen molar-refractivity contribution in [1.82, 2.24) is 0 Å². The first kappa shape index (κ1) is 89.1. The summed E-state index contributed by atoms with van der Waals surface area (Å²) in [5.41, 5.74) is 0. The van der Waals surface area contributed by atoms with Crippen molar-refractivity contribution in [2.45, 2.75) is 290 Å². The molecule has 0 amide bonds. The number of unbranched alkanes of at least 4 members (excludes halogenated alkanes) is 23. The Kier molecular flexibility index (Phi) is 68.6. The van der Waals surface area contributed by atoms with Crippen LogP contribution in [0.15, 0.2) is 182 Å². The van der Waals surface area contributed by atoms with Crippen molar-refractivity contribution in [2.75, 3.05) is 47.5 Å². The second kappa shape index (κ2) is 72.4. The smallest absolute Gasteiger partial charge is 0.462 e. The van der Waals surface area contributed by atoms with Gasteiger partial charge in [0.2, 0.25) is 0 Å². The standard InChI is InChI=1S/C84H138NO8P/c1-6-8-10-12-14-16-18-20-22-24-26-28-30-32-34-36-38-39-40-41-42-43-44-45-47-49-51-53-55-57-59-61-63-65-67-69-71-73-75-77-84(87)93-82(81-92-94(88,89)91-79-78-85(3,4)5)80-90-83(86)76-74-72-70-68-66-64-62-60-58-56-54-52-50-48-46-37-35-33-31-29-27-25-23-21-19-17-15-13-11-9-7-2/h8-11,14-17,20-23,26-29,32-35,38-39,41-42,44-46,48-49,51,82H,6-7,12-13,18-19,24-25,30-31,36-37,40,43,47,50,52-81H2,1-5H3/p+1/b10-8-,11-9-,16-14-,17-15-,22-20-,23-21-,28-26-,29-27-,34-32-,35-33-,39-38-,42-41-,45-44-,48-46-,51-49-. The summed E-state index contributed by atoms with van der Waals surface area (Å²) in [6, 6.07) is 0. The summed E-state index contributed by atoms with van der Waals surface area (Å²) in [5, 5.41) is 0. The molecular weight excluding hydrogens is 1180 g/mol. The summed E-state index contributed by atoms with van der Waals surface area (Å²) >= 11 is 0. The van der Waals surface area contributed by atoms with E-state index in [-0.39, 0.29) is 32.0 Å². The Balaban J connectivity index is 4.09. The molecule has 0 rings (SSSR count). The molecule has 2 unspecified atom stereocenters. The number of nitrogens with zero attached hydrogens (tertiary/aromatic N) is 1. The molecule has 2 atom stereocenters. The molecule has 0 aliphatic rings. The van der Waals surface area contributed by atoms with Gasteiger partial charge in [-0.25, -0.2) is 4.57 Å². The first-order valence-corrected chi connectivity index (χ1v) is 39.0. The van der Waals surface area contributed by atoms with E-state index in [9.17, 15) is 19.0 Å². The molecule has 0 bridgehead atoms. The van der Waals surface area contributed by atoms with Gasteiger partial charge in [0.25, 0.3) is 0 Å². The Morgan fingerprint density at radius 3 is 0.851 bits per heavy atom. The lowest BCUT2D eigenvalue weighted by Crippen LogP contribution is -2.37. The van der Waals surface area contributed by atoms with Gasteiger partial charge in [-0.1, -0.05) is 318 Å². The third-order valence-electron chi connectivity index (χ3n) is 15.4. The SMILES string of the molecule is CC/C=C\C/C=C\C/C=C\C/C=C\C/C=C\C/C=C\C/C=C\C/C=C\C/C=C\CCCCCCCCCCCCCC(=O)OC(COC(=O)CCCCCCCCCCCCCC/C=C\C/C=C\C/C=C\C/C=C\C/C=C\C/C=C\CC)COP(=O)(O)OCC[N+](C)(C)C. The lowest BCUT2D eigenvalue weighted by molar-refractivity contribution is -0.870. The highest BCUT2D eigenvalue weighted by atomic mass is 31.2. The number of esters is 2. The molecule has 0 saturated carbocycles. The fourth-order valence-corrected chi connectivity index (χ4v) is 10.5. The molecule has 0 aromatic carbocycles. The van der Waals surface area contributed by atoms with Crippen LogP contribution < -0.4 is 0 Å². The van der Waals surface area contributed by atoms with E-state index in [0.717, 1.165) is 141 Å². The van der Waals surface area contributed by atoms with Crippen molar-refractivity contribution in [3.8, 4) is 0 Å². The summed E-state index contributed by atoms with van der Waals surface area (Å²) in [5.74, 6) is -0.809. The maximum Gasteiger partial charge on any atom is 0.472 e. The Bertz CT molecular complexity index is 2240. The molecule has 0 spiro atoms. The Morgan fingerprint density at radius 1 is 0.330 bits per heavy atom. The van der Waals surface area contributed by atoms with E-state index in [2.05, 4.69) is 196 Å². The summed E-state index contributed by atoms with van der Waals surface area (Å²) in [6.45, 7) is 4.20. The highest BCUT2D eigenvalue weighted by Crippen LogP contribution is 2.43. The van der Waals surface area contributed by atoms with Crippen LogP contribution >= 0.6 is 7.82 Å². The van der Waals surface area contributed by atoms with E-state index in [1.807, 2.05) is 21.1 Å². The van der Waals surface area contributed by atoms with Crippen LogP contribution in [0.1, 0.15) is 284 Å². The van der Waals surface area contributed by atoms with Crippen molar-refractivity contribution in [1.29, 1.82) is 0 Å². The van der Waals surface area contributed by atoms with Crippen molar-refractivity contribution in [3.63, 3.8) is 0 Å². The second-order valence-corrected chi connectivity index (χ2v) is 27.0. The number of quaternary nitrogens is 1. The molecule has 532 valence electrons. The number of phosphoric ester groups is 1. The van der Waals surface area contributed by atoms with Crippen molar-refractivity contribution in [3.05, 3.63) is 182 Å². The van der Waals surface area contributed by atoms with Crippen LogP contribution in [0.2, 0.25) is 0 Å². The number of ether oxygens (including phenoxy) is 2. The largest absolute Gasteiger partial charge is 0.472 e. The van der Waals surface area contributed by atoms with Crippen molar-refractivity contribution >= 4 is 19.8 Å². The maximum absolute atomic E-state index is 12.9. The van der Waals surface area contributed by atoms with Gasteiger partial charge in [0.1, 0.15) is 19.8 Å². The van der Waals surface area contributed by atoms with Crippen molar-refractivity contribution in [2.24, 2.45) is 0 Å². The fraction of sp³-hybridized carbons (Fsp3) is 0.619. The molecule has 94 heavy (non-hydrogen) atoms. The van der Waals surface area contributed by atoms with E-state index < -0.39 is 26.5 Å². The number of hydrogen-bond acceptors (Lipinski definition) is 7. The van der Waals surface area contributed by atoms with E-state index >= 15 is 0 Å². The number of hydrogen-bond donors (Lipinski definition) is 1. The fourth-order valence-electron chi connectivity index (χ4n) is 9.78. The minimum absolute atomic E-state index is 0.0227. The van der Waals surface area contributed by atoms with Gasteiger partial charge in [0, 0.05) is 12.8 Å². The Hall–Kier alpha value is -4.89. The molecule has 0 fully saturated rings. The van der Waals surface area contributed by atoms with Gasteiger partial charge in [0.05, 0.1) is 27.7 Å². The monoisotopic (exact) mass is 1320 g/mol. The molecule has 0 aliphatic carbocycles. The molecule has 0 saturated heterocycles. The van der Waals surface area contributed by atoms with Gasteiger partial charge in [-0.3, -0.25) is 18.6 Å². The van der Waals surface area contributed by atoms with E-state index in [0.29, 0.717) is 17.4 Å². The minimum atomic E-state index is -4.41. The minimum Gasteiger partial charge on any atom is -0.462 e. The van der Waals surface area contributed by atoms with E-state index in [1.165, 1.54) is 109 Å². The first-order chi connectivity index (χ1) is 46.0. The number of rotatable bonds is 67. The summed E-state index contributed by atoms with van der Waals surface area (Å²) < 4.78 is 34.8. The highest BCUT2D eigenvalue weighted by Gasteiger charge is 2.27. The molecule has 0 heterocycles. The molecule has 9 nitrogen and oxygen atoms in total. The molecule has 0 aliphatic heterocycles. The van der Waals surface area contributed by atoms with Crippen LogP contribution in [0.25, 0.3) is 0 Å². The molecule has 1 N–H and O–H groups in total. The van der Waals surface area contributed by atoms with Crippen LogP contribution in [-0.4, -0.2) is 74.9 Å². The second-order valence-electron chi connectivity index (χ2n) is 25.6. The predicted molar refractivity (Wildman–Crippen MR) is 408 cm³/mol. The van der Waals surface area contributed by atoms with Gasteiger partial charge in [-0.05, 0) is 135 Å². The normalized spacial score (nSPS) is 14.1. The van der Waals surface area contributed by atoms with Crippen LogP contribution in [0, 0.1) is 0 Å². The lowest BCUT2D eigenvalue weighted by atomic mass is 10.0. The average Bonchev–Trinajstić information content (AvgIpc) is 1.56. The predicted octanol–water partition coefficient (Wildman–Crippen LogP) is 25.0. The zero-order valence-electron chi connectivity index (χ0n) is 60.6. The van der Waals surface area contributed by atoms with Crippen LogP contribution in [-0.2, 0) is 32.7 Å². The van der Waals surface area contributed by atoms with Gasteiger partial charge >= 0.3 is 19.8 Å². The van der Waals surface area contributed by atoms with Crippen molar-refractivity contribution < 1.29 is 42.1 Å². The lowest BCUT2D eigenvalue weighted by Gasteiger charge is -2.24. The van der Waals surface area contributed by atoms with Crippen LogP contribution in [0.5, 0.6) is 0 Å². The highest BCUT2D eigenvalue weighted by molar-refractivity contribution is 7.47. The number of carbonyl (C=O) groups is 2. The molecular formula is C84H139NO8P+. The van der Waals surface area contributed by atoms with Gasteiger partial charge < -0.3 is 18.9 Å². The topological polar surface area (TPSA) is 108 Å². The molecule has 0 aromatic rings. The Morgan fingerprint density at radius 2 is 0.574 bits per heavy atom. The van der Waals surface area contributed by atoms with Crippen LogP contribution in [0.3, 0.4) is 0 Å². The number of likely N-dealkylation sites (N-methyl/N-ethyl adjacent to an activating group) is 1. The van der Waals surface area contributed by atoms with E-state index in [4.69, 9.17) is 18.5 Å². The zero-order chi connectivity index (χ0) is 68.3. The van der Waals surface area contributed by atoms with Crippen LogP contribution in [0.4, 0.5) is 0 Å². The van der Waals surface area contributed by atoms with Gasteiger partial charge in [0.15, 0.2) is 6.10 Å². The average molecular weight is 1320 g/mol. The number of allylic oxidation sites excluding steroid dienone is 30. The number of phosphoric acid groups is 1. The summed E-state index contributed by atoms with van der Waals surface area (Å²) in [6.07, 6.45) is 111. The molecule has 0 radical (unpaired) electrons. The summed E-state index contributed by atoms with van der Waals surface area (Å²) in [4.78, 5) is 36.0. The Labute approximate surface area is 578 Å². The first-order valence-electron chi connectivity index (χ1n) is 37.5. The third kappa shape index (κ3) is 76.1. The van der Waals surface area contributed by atoms with Gasteiger partial charge in [-0.15, -0.1) is 0 Å². The number of carbonyl (C=O) groups excluding carboxylic acids is 2. The van der Waals surface area contributed by atoms with E-state index in [1.54, 1.807) is 0 Å².